The standard InChI is InChI=1S/C10H7ClN2O/c11-9-4-3-8(14)10(13-9)7-2-1-5-12-6-7/h1-6,14H. The summed E-state index contributed by atoms with van der Waals surface area (Å²) in [6.45, 7) is 0. The highest BCUT2D eigenvalue weighted by atomic mass is 35.5. The first-order valence-corrected chi connectivity index (χ1v) is 4.41. The van der Waals surface area contributed by atoms with Gasteiger partial charge in [0.15, 0.2) is 0 Å². The number of hydrogen-bond acceptors (Lipinski definition) is 3. The minimum absolute atomic E-state index is 0.0994. The highest BCUT2D eigenvalue weighted by Crippen LogP contribution is 2.27. The molecule has 0 amide bonds. The molecular weight excluding hydrogens is 200 g/mol. The topological polar surface area (TPSA) is 46.0 Å². The fraction of sp³-hybridized carbons (Fsp3) is 0. The molecule has 0 aliphatic carbocycles. The SMILES string of the molecule is Oc1ccc(Cl)nc1-c1cccnc1. The molecule has 2 aromatic heterocycles. The van der Waals surface area contributed by atoms with Crippen molar-refractivity contribution in [2.24, 2.45) is 0 Å². The fourth-order valence-corrected chi connectivity index (χ4v) is 1.29. The molecule has 0 atom stereocenters. The summed E-state index contributed by atoms with van der Waals surface area (Å²) < 4.78 is 0. The second-order valence-electron chi connectivity index (χ2n) is 2.74. The summed E-state index contributed by atoms with van der Waals surface area (Å²) in [5.41, 5.74) is 1.19. The normalized spacial score (nSPS) is 10.1. The smallest absolute Gasteiger partial charge is 0.142 e. The third-order valence-electron chi connectivity index (χ3n) is 1.77. The molecule has 2 aromatic rings. The van der Waals surface area contributed by atoms with E-state index in [4.69, 9.17) is 11.6 Å². The molecule has 1 N–H and O–H groups in total. The summed E-state index contributed by atoms with van der Waals surface area (Å²) in [5, 5.41) is 9.89. The molecule has 2 rings (SSSR count). The van der Waals surface area contributed by atoms with Gasteiger partial charge >= 0.3 is 0 Å². The van der Waals surface area contributed by atoms with Gasteiger partial charge in [-0.05, 0) is 24.3 Å². The number of aromatic nitrogens is 2. The average molecular weight is 207 g/mol. The molecule has 70 valence electrons. The van der Waals surface area contributed by atoms with Crippen LogP contribution < -0.4 is 0 Å². The van der Waals surface area contributed by atoms with Crippen molar-refractivity contribution >= 4 is 11.6 Å². The van der Waals surface area contributed by atoms with E-state index >= 15 is 0 Å². The third-order valence-corrected chi connectivity index (χ3v) is 1.99. The molecule has 3 nitrogen and oxygen atoms in total. The predicted molar refractivity (Wildman–Crippen MR) is 54.1 cm³/mol. The number of aromatic hydroxyl groups is 1. The maximum absolute atomic E-state index is 9.54. The van der Waals surface area contributed by atoms with Gasteiger partial charge in [0.1, 0.15) is 16.6 Å². The van der Waals surface area contributed by atoms with Gasteiger partial charge in [-0.1, -0.05) is 11.6 Å². The van der Waals surface area contributed by atoms with Crippen molar-refractivity contribution in [1.29, 1.82) is 0 Å². The summed E-state index contributed by atoms with van der Waals surface area (Å²) >= 11 is 5.72. The first kappa shape index (κ1) is 8.97. The Hall–Kier alpha value is -1.61. The maximum Gasteiger partial charge on any atom is 0.142 e. The number of halogens is 1. The van der Waals surface area contributed by atoms with Crippen LogP contribution in [0.2, 0.25) is 5.15 Å². The molecule has 0 fully saturated rings. The van der Waals surface area contributed by atoms with Crippen LogP contribution in [0.5, 0.6) is 5.75 Å². The minimum atomic E-state index is 0.0994. The lowest BCUT2D eigenvalue weighted by atomic mass is 10.2. The van der Waals surface area contributed by atoms with E-state index in [1.54, 1.807) is 18.5 Å². The Balaban J connectivity index is 2.57. The molecule has 0 aliphatic rings. The van der Waals surface area contributed by atoms with Crippen molar-refractivity contribution in [3.63, 3.8) is 0 Å². The minimum Gasteiger partial charge on any atom is -0.506 e. The Morgan fingerprint density at radius 2 is 2.07 bits per heavy atom. The summed E-state index contributed by atoms with van der Waals surface area (Å²) in [7, 11) is 0. The van der Waals surface area contributed by atoms with Crippen LogP contribution in [0.15, 0.2) is 36.7 Å². The largest absolute Gasteiger partial charge is 0.506 e. The molecule has 0 saturated heterocycles. The highest BCUT2D eigenvalue weighted by molar-refractivity contribution is 6.29. The van der Waals surface area contributed by atoms with Crippen molar-refractivity contribution in [2.45, 2.75) is 0 Å². The Bertz CT molecular complexity index is 445. The van der Waals surface area contributed by atoms with Gasteiger partial charge in [0.25, 0.3) is 0 Å². The fourth-order valence-electron chi connectivity index (χ4n) is 1.14. The monoisotopic (exact) mass is 206 g/mol. The zero-order chi connectivity index (χ0) is 9.97. The van der Waals surface area contributed by atoms with E-state index < -0.39 is 0 Å². The Labute approximate surface area is 86.0 Å². The molecule has 14 heavy (non-hydrogen) atoms. The molecule has 0 spiro atoms. The molecule has 0 radical (unpaired) electrons. The van der Waals surface area contributed by atoms with E-state index in [2.05, 4.69) is 9.97 Å². The molecule has 0 bridgehead atoms. The Morgan fingerprint density at radius 3 is 2.79 bits per heavy atom. The van der Waals surface area contributed by atoms with Crippen molar-refractivity contribution < 1.29 is 5.11 Å². The summed E-state index contributed by atoms with van der Waals surface area (Å²) in [5.74, 6) is 0.0994. The van der Waals surface area contributed by atoms with Crippen LogP contribution in [0.4, 0.5) is 0 Å². The van der Waals surface area contributed by atoms with Gasteiger partial charge in [0.2, 0.25) is 0 Å². The molecule has 0 aromatic carbocycles. The van der Waals surface area contributed by atoms with Crippen LogP contribution in [-0.4, -0.2) is 15.1 Å². The molecular formula is C10H7ClN2O. The second kappa shape index (κ2) is 3.64. The van der Waals surface area contributed by atoms with E-state index in [9.17, 15) is 5.11 Å². The summed E-state index contributed by atoms with van der Waals surface area (Å²) in [6, 6.07) is 6.64. The van der Waals surface area contributed by atoms with Crippen LogP contribution in [-0.2, 0) is 0 Å². The third kappa shape index (κ3) is 1.67. The van der Waals surface area contributed by atoms with E-state index in [0.717, 1.165) is 5.56 Å². The summed E-state index contributed by atoms with van der Waals surface area (Å²) in [4.78, 5) is 7.96. The lowest BCUT2D eigenvalue weighted by molar-refractivity contribution is 0.475. The Morgan fingerprint density at radius 1 is 1.21 bits per heavy atom. The maximum atomic E-state index is 9.54. The van der Waals surface area contributed by atoms with Gasteiger partial charge in [0, 0.05) is 18.0 Å². The van der Waals surface area contributed by atoms with Gasteiger partial charge in [-0.3, -0.25) is 4.98 Å². The average Bonchev–Trinajstić information content (AvgIpc) is 2.23. The molecule has 4 heteroatoms. The predicted octanol–water partition coefficient (Wildman–Crippen LogP) is 2.50. The zero-order valence-corrected chi connectivity index (χ0v) is 7.94. The van der Waals surface area contributed by atoms with Crippen LogP contribution >= 0.6 is 11.6 Å². The van der Waals surface area contributed by atoms with Gasteiger partial charge in [-0.2, -0.15) is 0 Å². The molecule has 0 saturated carbocycles. The van der Waals surface area contributed by atoms with Crippen LogP contribution in [0, 0.1) is 0 Å². The number of pyridine rings is 2. The zero-order valence-electron chi connectivity index (χ0n) is 7.18. The lowest BCUT2D eigenvalue weighted by Gasteiger charge is -2.02. The van der Waals surface area contributed by atoms with Gasteiger partial charge < -0.3 is 5.11 Å². The highest BCUT2D eigenvalue weighted by Gasteiger charge is 2.05. The van der Waals surface area contributed by atoms with Crippen LogP contribution in [0.1, 0.15) is 0 Å². The van der Waals surface area contributed by atoms with E-state index in [0.29, 0.717) is 10.8 Å². The van der Waals surface area contributed by atoms with Crippen molar-refractivity contribution in [1.82, 2.24) is 9.97 Å². The first-order valence-electron chi connectivity index (χ1n) is 4.03. The number of rotatable bonds is 1. The van der Waals surface area contributed by atoms with E-state index in [1.165, 1.54) is 12.1 Å². The van der Waals surface area contributed by atoms with E-state index in [1.807, 2.05) is 6.07 Å². The molecule has 0 aliphatic heterocycles. The Kier molecular flexibility index (Phi) is 2.33. The van der Waals surface area contributed by atoms with Crippen molar-refractivity contribution in [2.75, 3.05) is 0 Å². The first-order chi connectivity index (χ1) is 6.77. The lowest BCUT2D eigenvalue weighted by Crippen LogP contribution is -1.85. The molecule has 0 unspecified atom stereocenters. The second-order valence-corrected chi connectivity index (χ2v) is 3.13. The number of nitrogens with zero attached hydrogens (tertiary/aromatic N) is 2. The summed E-state index contributed by atoms with van der Waals surface area (Å²) in [6.07, 6.45) is 3.28. The van der Waals surface area contributed by atoms with Crippen molar-refractivity contribution in [3.8, 4) is 17.0 Å². The number of hydrogen-bond donors (Lipinski definition) is 1. The van der Waals surface area contributed by atoms with Gasteiger partial charge in [0.05, 0.1) is 0 Å². The molecule has 2 heterocycles. The van der Waals surface area contributed by atoms with Crippen molar-refractivity contribution in [3.05, 3.63) is 41.8 Å². The van der Waals surface area contributed by atoms with Gasteiger partial charge in [-0.25, -0.2) is 4.98 Å². The van der Waals surface area contributed by atoms with E-state index in [-0.39, 0.29) is 5.75 Å². The van der Waals surface area contributed by atoms with Crippen LogP contribution in [0.25, 0.3) is 11.3 Å². The quantitative estimate of drug-likeness (QED) is 0.730. The van der Waals surface area contributed by atoms with Crippen LogP contribution in [0.3, 0.4) is 0 Å². The van der Waals surface area contributed by atoms with Gasteiger partial charge in [-0.15, -0.1) is 0 Å².